The molecule has 0 saturated heterocycles. The van der Waals surface area contributed by atoms with Gasteiger partial charge in [0, 0.05) is 12.0 Å². The van der Waals surface area contributed by atoms with E-state index in [1.165, 1.54) is 0 Å². The molecule has 4 aromatic rings. The zero-order valence-corrected chi connectivity index (χ0v) is 20.0. The fourth-order valence-corrected chi connectivity index (χ4v) is 3.66. The van der Waals surface area contributed by atoms with Gasteiger partial charge in [-0.3, -0.25) is 5.32 Å². The van der Waals surface area contributed by atoms with Crippen molar-refractivity contribution in [3.8, 4) is 11.3 Å². The molecule has 2 atom stereocenters. The van der Waals surface area contributed by atoms with Crippen LogP contribution < -0.4 is 5.32 Å². The topological polar surface area (TPSA) is 111 Å². The van der Waals surface area contributed by atoms with E-state index in [0.717, 1.165) is 11.1 Å². The molecule has 0 fully saturated rings. The Labute approximate surface area is 212 Å². The molecule has 0 aliphatic carbocycles. The lowest BCUT2D eigenvalue weighted by molar-refractivity contribution is -0.151. The molecule has 0 radical (unpaired) electrons. The second-order valence-electron chi connectivity index (χ2n) is 8.29. The highest BCUT2D eigenvalue weighted by Crippen LogP contribution is 2.31. The Balaban J connectivity index is 1.39. The van der Waals surface area contributed by atoms with Crippen molar-refractivity contribution in [1.82, 2.24) is 5.16 Å². The number of aromatic nitrogens is 1. The van der Waals surface area contributed by atoms with Gasteiger partial charge in [0.25, 0.3) is 5.95 Å². The number of nitrogens with one attached hydrogen (secondary N) is 1. The fraction of sp³-hybridized carbons (Fsp3) is 0.179. The van der Waals surface area contributed by atoms with Crippen LogP contribution >= 0.6 is 0 Å². The van der Waals surface area contributed by atoms with Gasteiger partial charge >= 0.3 is 12.1 Å². The number of hydrogen-bond acceptors (Lipinski definition) is 6. The minimum atomic E-state index is -1.05. The van der Waals surface area contributed by atoms with E-state index in [2.05, 4.69) is 10.5 Å². The monoisotopic (exact) mass is 504 g/mol. The molecule has 3 aromatic carbocycles. The Hall–Kier alpha value is -4.50. The number of carboxylic acids is 1. The van der Waals surface area contributed by atoms with Gasteiger partial charge < -0.3 is 19.1 Å². The van der Waals surface area contributed by atoms with Crippen LogP contribution in [0.1, 0.15) is 29.7 Å². The lowest BCUT2D eigenvalue weighted by Crippen LogP contribution is -2.26. The largest absolute Gasteiger partial charge is 0.479 e. The SMILES string of the molecule is CC(OC(=O)Nc1c(F)noc1-c1ccc(COC(Cc2ccccc2)C(=O)O)cc1)c1ccccc1. The van der Waals surface area contributed by atoms with Crippen molar-refractivity contribution in [2.45, 2.75) is 32.2 Å². The normalized spacial score (nSPS) is 12.5. The number of hydrogen-bond donors (Lipinski definition) is 2. The van der Waals surface area contributed by atoms with Crippen LogP contribution in [0.15, 0.2) is 89.5 Å². The maximum Gasteiger partial charge on any atom is 0.412 e. The molecular formula is C28H25FN2O6. The van der Waals surface area contributed by atoms with Crippen LogP contribution in [-0.4, -0.2) is 28.4 Å². The summed E-state index contributed by atoms with van der Waals surface area (Å²) in [7, 11) is 0. The molecule has 0 bridgehead atoms. The lowest BCUT2D eigenvalue weighted by atomic mass is 10.1. The predicted molar refractivity (Wildman–Crippen MR) is 133 cm³/mol. The van der Waals surface area contributed by atoms with Crippen LogP contribution in [0.3, 0.4) is 0 Å². The standard InChI is InChI=1S/C28H25FN2O6/c1-18(21-10-6-3-7-11-21)36-28(34)30-24-25(37-31-26(24)29)22-14-12-20(13-15-22)17-35-23(27(32)33)16-19-8-4-2-5-9-19/h2-15,18,23H,16-17H2,1H3,(H,30,34)(H,32,33). The predicted octanol–water partition coefficient (Wildman–Crippen LogP) is 6.00. The van der Waals surface area contributed by atoms with Gasteiger partial charge in [0.2, 0.25) is 0 Å². The quantitative estimate of drug-likeness (QED) is 0.272. The van der Waals surface area contributed by atoms with Gasteiger partial charge in [-0.05, 0) is 28.8 Å². The van der Waals surface area contributed by atoms with Gasteiger partial charge in [-0.2, -0.15) is 4.39 Å². The van der Waals surface area contributed by atoms with Crippen LogP contribution in [0.5, 0.6) is 0 Å². The Morgan fingerprint density at radius 1 is 0.973 bits per heavy atom. The molecule has 0 aliphatic rings. The Kier molecular flexibility index (Phi) is 8.27. The van der Waals surface area contributed by atoms with Gasteiger partial charge in [0.05, 0.1) is 6.61 Å². The third-order valence-electron chi connectivity index (χ3n) is 5.64. The van der Waals surface area contributed by atoms with E-state index in [1.807, 2.05) is 60.7 Å². The molecular weight excluding hydrogens is 479 g/mol. The average Bonchev–Trinajstić information content (AvgIpc) is 3.27. The smallest absolute Gasteiger partial charge is 0.412 e. The van der Waals surface area contributed by atoms with Gasteiger partial charge in [-0.25, -0.2) is 9.59 Å². The molecule has 0 aliphatic heterocycles. The van der Waals surface area contributed by atoms with E-state index in [1.54, 1.807) is 31.2 Å². The summed E-state index contributed by atoms with van der Waals surface area (Å²) in [4.78, 5) is 24.0. The minimum absolute atomic E-state index is 0.0155. The zero-order chi connectivity index (χ0) is 26.2. The first kappa shape index (κ1) is 25.6. The number of benzene rings is 3. The maximum absolute atomic E-state index is 14.3. The summed E-state index contributed by atoms with van der Waals surface area (Å²) >= 11 is 0. The maximum atomic E-state index is 14.3. The van der Waals surface area contributed by atoms with Gasteiger partial charge in [0.1, 0.15) is 11.8 Å². The molecule has 1 aromatic heterocycles. The summed E-state index contributed by atoms with van der Waals surface area (Å²) in [5.41, 5.74) is 2.55. The summed E-state index contributed by atoms with van der Waals surface area (Å²) in [5, 5.41) is 15.2. The van der Waals surface area contributed by atoms with Crippen LogP contribution in [-0.2, 0) is 27.3 Å². The Bertz CT molecular complexity index is 1330. The zero-order valence-electron chi connectivity index (χ0n) is 20.0. The molecule has 8 nitrogen and oxygen atoms in total. The number of anilines is 1. The van der Waals surface area contributed by atoms with Crippen molar-refractivity contribution in [2.75, 3.05) is 5.32 Å². The van der Waals surface area contributed by atoms with Crippen molar-refractivity contribution < 1.29 is 33.1 Å². The van der Waals surface area contributed by atoms with Crippen LogP contribution in [0.4, 0.5) is 14.9 Å². The summed E-state index contributed by atoms with van der Waals surface area (Å²) < 4.78 is 30.4. The second-order valence-corrected chi connectivity index (χ2v) is 8.29. The number of carbonyl (C=O) groups excluding carboxylic acids is 1. The number of carboxylic acid groups (broad SMARTS) is 1. The minimum Gasteiger partial charge on any atom is -0.479 e. The number of carbonyl (C=O) groups is 2. The van der Waals surface area contributed by atoms with E-state index in [9.17, 15) is 19.1 Å². The second kappa shape index (κ2) is 12.0. The first-order valence-electron chi connectivity index (χ1n) is 11.6. The van der Waals surface area contributed by atoms with Crippen molar-refractivity contribution in [1.29, 1.82) is 0 Å². The summed E-state index contributed by atoms with van der Waals surface area (Å²) in [6, 6.07) is 25.0. The summed E-state index contributed by atoms with van der Waals surface area (Å²) in [6.45, 7) is 1.76. The highest BCUT2D eigenvalue weighted by Gasteiger charge is 2.22. The number of rotatable bonds is 10. The Morgan fingerprint density at radius 2 is 1.62 bits per heavy atom. The molecule has 2 N–H and O–H groups in total. The van der Waals surface area contributed by atoms with Crippen molar-refractivity contribution in [3.05, 3.63) is 108 Å². The van der Waals surface area contributed by atoms with Crippen LogP contribution in [0, 0.1) is 5.95 Å². The summed E-state index contributed by atoms with van der Waals surface area (Å²) in [5.74, 6) is -2.03. The van der Waals surface area contributed by atoms with Crippen molar-refractivity contribution in [2.24, 2.45) is 0 Å². The number of aliphatic carboxylic acids is 1. The van der Waals surface area contributed by atoms with Crippen LogP contribution in [0.25, 0.3) is 11.3 Å². The molecule has 2 unspecified atom stereocenters. The molecule has 0 saturated carbocycles. The first-order valence-corrected chi connectivity index (χ1v) is 11.6. The van der Waals surface area contributed by atoms with Gasteiger partial charge in [-0.15, -0.1) is 0 Å². The molecule has 37 heavy (non-hydrogen) atoms. The van der Waals surface area contributed by atoms with E-state index >= 15 is 0 Å². The lowest BCUT2D eigenvalue weighted by Gasteiger charge is -2.14. The third-order valence-corrected chi connectivity index (χ3v) is 5.64. The van der Waals surface area contributed by atoms with E-state index in [-0.39, 0.29) is 24.5 Å². The fourth-order valence-electron chi connectivity index (χ4n) is 3.66. The third kappa shape index (κ3) is 6.80. The molecule has 0 spiro atoms. The molecule has 1 heterocycles. The Morgan fingerprint density at radius 3 is 2.27 bits per heavy atom. The average molecular weight is 505 g/mol. The molecule has 9 heteroatoms. The van der Waals surface area contributed by atoms with E-state index in [4.69, 9.17) is 14.0 Å². The van der Waals surface area contributed by atoms with Crippen molar-refractivity contribution in [3.63, 3.8) is 0 Å². The van der Waals surface area contributed by atoms with E-state index < -0.39 is 30.2 Å². The first-order chi connectivity index (χ1) is 17.9. The molecule has 1 amide bonds. The number of nitrogens with zero attached hydrogens (tertiary/aromatic N) is 1. The molecule has 190 valence electrons. The van der Waals surface area contributed by atoms with Crippen molar-refractivity contribution >= 4 is 17.7 Å². The highest BCUT2D eigenvalue weighted by atomic mass is 19.1. The number of ether oxygens (including phenoxy) is 2. The van der Waals surface area contributed by atoms with Crippen LogP contribution in [0.2, 0.25) is 0 Å². The summed E-state index contributed by atoms with van der Waals surface area (Å²) in [6.07, 6.45) is -2.18. The number of amides is 1. The highest BCUT2D eigenvalue weighted by molar-refractivity contribution is 5.89. The van der Waals surface area contributed by atoms with Gasteiger partial charge in [0.15, 0.2) is 11.9 Å². The van der Waals surface area contributed by atoms with Gasteiger partial charge in [-0.1, -0.05) is 84.9 Å². The van der Waals surface area contributed by atoms with E-state index in [0.29, 0.717) is 11.1 Å². The number of halogens is 1. The molecule has 4 rings (SSSR count).